The molecule has 0 fully saturated rings. The van der Waals surface area contributed by atoms with Crippen LogP contribution in [-0.2, 0) is 0 Å². The average Bonchev–Trinajstić information content (AvgIpc) is 2.33. The second-order valence-corrected chi connectivity index (χ2v) is 4.75. The SMILES string of the molecule is O=C(Nc1ccc(O)cc1)c1ccc(I)cc1. The van der Waals surface area contributed by atoms with Crippen molar-refractivity contribution in [3.05, 3.63) is 57.7 Å². The number of halogens is 1. The summed E-state index contributed by atoms with van der Waals surface area (Å²) in [6.07, 6.45) is 0. The second kappa shape index (κ2) is 5.18. The number of hydrogen-bond acceptors (Lipinski definition) is 2. The zero-order chi connectivity index (χ0) is 12.3. The highest BCUT2D eigenvalue weighted by atomic mass is 127. The number of nitrogens with one attached hydrogen (secondary N) is 1. The molecule has 0 saturated carbocycles. The molecule has 0 atom stereocenters. The predicted octanol–water partition coefficient (Wildman–Crippen LogP) is 3.25. The number of benzene rings is 2. The van der Waals surface area contributed by atoms with E-state index in [1.807, 2.05) is 12.1 Å². The lowest BCUT2D eigenvalue weighted by Crippen LogP contribution is -2.11. The first kappa shape index (κ1) is 11.9. The minimum absolute atomic E-state index is 0.160. The Morgan fingerprint density at radius 2 is 1.59 bits per heavy atom. The summed E-state index contributed by atoms with van der Waals surface area (Å²) in [4.78, 5) is 11.8. The molecule has 2 aromatic rings. The van der Waals surface area contributed by atoms with E-state index in [2.05, 4.69) is 27.9 Å². The van der Waals surface area contributed by atoms with Gasteiger partial charge >= 0.3 is 0 Å². The molecule has 0 aliphatic carbocycles. The molecule has 0 saturated heterocycles. The third-order valence-corrected chi connectivity index (χ3v) is 2.95. The molecule has 0 aliphatic rings. The summed E-state index contributed by atoms with van der Waals surface area (Å²) in [5.74, 6) is 0.0179. The maximum atomic E-state index is 11.8. The van der Waals surface area contributed by atoms with E-state index in [1.165, 1.54) is 12.1 Å². The van der Waals surface area contributed by atoms with Crippen LogP contribution in [0.3, 0.4) is 0 Å². The van der Waals surface area contributed by atoms with Gasteiger partial charge in [0, 0.05) is 14.8 Å². The summed E-state index contributed by atoms with van der Waals surface area (Å²) in [5.41, 5.74) is 1.27. The van der Waals surface area contributed by atoms with Gasteiger partial charge in [-0.25, -0.2) is 0 Å². The standard InChI is InChI=1S/C13H10INO2/c14-10-3-1-9(2-4-10)13(17)15-11-5-7-12(16)8-6-11/h1-8,16H,(H,15,17). The van der Waals surface area contributed by atoms with E-state index < -0.39 is 0 Å². The first-order valence-corrected chi connectivity index (χ1v) is 6.09. The van der Waals surface area contributed by atoms with E-state index in [9.17, 15) is 4.79 Å². The van der Waals surface area contributed by atoms with Crippen molar-refractivity contribution in [1.82, 2.24) is 0 Å². The Balaban J connectivity index is 2.11. The zero-order valence-corrected chi connectivity index (χ0v) is 11.0. The van der Waals surface area contributed by atoms with Gasteiger partial charge in [0.1, 0.15) is 5.75 Å². The van der Waals surface area contributed by atoms with E-state index in [4.69, 9.17) is 5.11 Å². The molecule has 86 valence electrons. The van der Waals surface area contributed by atoms with Crippen LogP contribution in [0, 0.1) is 3.57 Å². The van der Waals surface area contributed by atoms with Crippen LogP contribution in [0.25, 0.3) is 0 Å². The number of carbonyl (C=O) groups is 1. The van der Waals surface area contributed by atoms with Gasteiger partial charge in [-0.15, -0.1) is 0 Å². The van der Waals surface area contributed by atoms with Gasteiger partial charge in [0.15, 0.2) is 0 Å². The third-order valence-electron chi connectivity index (χ3n) is 2.23. The highest BCUT2D eigenvalue weighted by molar-refractivity contribution is 14.1. The van der Waals surface area contributed by atoms with Crippen LogP contribution < -0.4 is 5.32 Å². The number of rotatable bonds is 2. The van der Waals surface area contributed by atoms with Crippen molar-refractivity contribution in [2.75, 3.05) is 5.32 Å². The van der Waals surface area contributed by atoms with Crippen LogP contribution in [0.15, 0.2) is 48.5 Å². The predicted molar refractivity (Wildman–Crippen MR) is 75.2 cm³/mol. The summed E-state index contributed by atoms with van der Waals surface area (Å²) >= 11 is 2.19. The number of phenols is 1. The molecule has 0 bridgehead atoms. The molecule has 0 heterocycles. The van der Waals surface area contributed by atoms with Crippen molar-refractivity contribution in [3.63, 3.8) is 0 Å². The van der Waals surface area contributed by atoms with Crippen molar-refractivity contribution < 1.29 is 9.90 Å². The largest absolute Gasteiger partial charge is 0.508 e. The Bertz CT molecular complexity index is 520. The normalized spacial score (nSPS) is 9.94. The molecule has 0 aliphatic heterocycles. The van der Waals surface area contributed by atoms with Crippen molar-refractivity contribution in [2.24, 2.45) is 0 Å². The number of hydrogen-bond donors (Lipinski definition) is 2. The lowest BCUT2D eigenvalue weighted by molar-refractivity contribution is 0.102. The fourth-order valence-corrected chi connectivity index (χ4v) is 1.71. The fourth-order valence-electron chi connectivity index (χ4n) is 1.35. The van der Waals surface area contributed by atoms with Gasteiger partial charge in [-0.2, -0.15) is 0 Å². The van der Waals surface area contributed by atoms with Crippen LogP contribution >= 0.6 is 22.6 Å². The smallest absolute Gasteiger partial charge is 0.255 e. The van der Waals surface area contributed by atoms with E-state index in [0.717, 1.165) is 3.57 Å². The number of anilines is 1. The molecular formula is C13H10INO2. The molecule has 0 spiro atoms. The summed E-state index contributed by atoms with van der Waals surface area (Å²) in [7, 11) is 0. The number of amides is 1. The van der Waals surface area contributed by atoms with E-state index in [0.29, 0.717) is 11.3 Å². The van der Waals surface area contributed by atoms with Crippen LogP contribution in [0.5, 0.6) is 5.75 Å². The van der Waals surface area contributed by atoms with Gasteiger partial charge < -0.3 is 10.4 Å². The van der Waals surface area contributed by atoms with E-state index in [1.54, 1.807) is 24.3 Å². The third kappa shape index (κ3) is 3.20. The Morgan fingerprint density at radius 3 is 2.18 bits per heavy atom. The molecule has 0 radical (unpaired) electrons. The van der Waals surface area contributed by atoms with E-state index >= 15 is 0 Å². The van der Waals surface area contributed by atoms with Crippen LogP contribution in [-0.4, -0.2) is 11.0 Å². The molecule has 4 heteroatoms. The summed E-state index contributed by atoms with van der Waals surface area (Å²) < 4.78 is 1.09. The summed E-state index contributed by atoms with van der Waals surface area (Å²) in [6, 6.07) is 13.7. The minimum atomic E-state index is -0.160. The number of phenolic OH excluding ortho intramolecular Hbond substituents is 1. The maximum absolute atomic E-state index is 11.8. The van der Waals surface area contributed by atoms with Gasteiger partial charge in [0.25, 0.3) is 5.91 Å². The fraction of sp³-hybridized carbons (Fsp3) is 0. The van der Waals surface area contributed by atoms with E-state index in [-0.39, 0.29) is 11.7 Å². The Hall–Kier alpha value is -1.56. The van der Waals surface area contributed by atoms with Gasteiger partial charge in [0.2, 0.25) is 0 Å². The molecule has 3 nitrogen and oxygen atoms in total. The van der Waals surface area contributed by atoms with Crippen molar-refractivity contribution in [3.8, 4) is 5.75 Å². The van der Waals surface area contributed by atoms with Crippen LogP contribution in [0.2, 0.25) is 0 Å². The zero-order valence-electron chi connectivity index (χ0n) is 8.85. The lowest BCUT2D eigenvalue weighted by Gasteiger charge is -2.05. The lowest BCUT2D eigenvalue weighted by atomic mass is 10.2. The van der Waals surface area contributed by atoms with Crippen LogP contribution in [0.1, 0.15) is 10.4 Å². The van der Waals surface area contributed by atoms with Crippen molar-refractivity contribution in [2.45, 2.75) is 0 Å². The molecule has 0 unspecified atom stereocenters. The quantitative estimate of drug-likeness (QED) is 0.652. The maximum Gasteiger partial charge on any atom is 0.255 e. The number of carbonyl (C=O) groups excluding carboxylic acids is 1. The average molecular weight is 339 g/mol. The molecule has 2 N–H and O–H groups in total. The Kier molecular flexibility index (Phi) is 3.63. The highest BCUT2D eigenvalue weighted by Crippen LogP contribution is 2.15. The van der Waals surface area contributed by atoms with Crippen LogP contribution in [0.4, 0.5) is 5.69 Å². The van der Waals surface area contributed by atoms with Gasteiger partial charge in [0.05, 0.1) is 0 Å². The van der Waals surface area contributed by atoms with Gasteiger partial charge in [-0.05, 0) is 71.1 Å². The molecule has 2 rings (SSSR count). The molecule has 2 aromatic carbocycles. The van der Waals surface area contributed by atoms with Gasteiger partial charge in [-0.1, -0.05) is 0 Å². The van der Waals surface area contributed by atoms with Crippen molar-refractivity contribution in [1.29, 1.82) is 0 Å². The monoisotopic (exact) mass is 339 g/mol. The molecular weight excluding hydrogens is 329 g/mol. The first-order valence-electron chi connectivity index (χ1n) is 5.01. The first-order chi connectivity index (χ1) is 8.15. The number of aromatic hydroxyl groups is 1. The summed E-state index contributed by atoms with van der Waals surface area (Å²) in [5, 5.41) is 11.9. The van der Waals surface area contributed by atoms with Gasteiger partial charge in [-0.3, -0.25) is 4.79 Å². The Labute approximate surface area is 113 Å². The minimum Gasteiger partial charge on any atom is -0.508 e. The topological polar surface area (TPSA) is 49.3 Å². The van der Waals surface area contributed by atoms with Crippen molar-refractivity contribution >= 4 is 34.2 Å². The second-order valence-electron chi connectivity index (χ2n) is 3.51. The Morgan fingerprint density at radius 1 is 1.00 bits per heavy atom. The molecule has 0 aromatic heterocycles. The molecule has 1 amide bonds. The highest BCUT2D eigenvalue weighted by Gasteiger charge is 2.05. The molecule has 17 heavy (non-hydrogen) atoms. The summed E-state index contributed by atoms with van der Waals surface area (Å²) in [6.45, 7) is 0.